The third kappa shape index (κ3) is 5.04. The van der Waals surface area contributed by atoms with Gasteiger partial charge in [-0.3, -0.25) is 0 Å². The van der Waals surface area contributed by atoms with Gasteiger partial charge in [-0.05, 0) is 62.4 Å². The minimum absolute atomic E-state index is 0.194. The van der Waals surface area contributed by atoms with Crippen LogP contribution in [-0.2, 0) is 4.74 Å². The van der Waals surface area contributed by atoms with Crippen LogP contribution >= 0.6 is 11.6 Å². The van der Waals surface area contributed by atoms with Crippen LogP contribution in [0.2, 0.25) is 5.02 Å². The molecular weight excluding hydrogens is 288 g/mol. The molecule has 0 aliphatic carbocycles. The van der Waals surface area contributed by atoms with Crippen molar-refractivity contribution in [3.63, 3.8) is 0 Å². The summed E-state index contributed by atoms with van der Waals surface area (Å²) < 4.78 is 5.45. The monoisotopic (exact) mass is 304 g/mol. The molecule has 0 amide bonds. The van der Waals surface area contributed by atoms with E-state index in [4.69, 9.17) is 16.3 Å². The van der Waals surface area contributed by atoms with E-state index >= 15 is 0 Å². The fourth-order valence-electron chi connectivity index (χ4n) is 1.41. The molecule has 2 rings (SSSR count). The molecule has 0 saturated carbocycles. The normalized spacial score (nSPS) is 12.4. The molecule has 0 bridgehead atoms. The van der Waals surface area contributed by atoms with Gasteiger partial charge in [0, 0.05) is 5.02 Å². The van der Waals surface area contributed by atoms with Crippen molar-refractivity contribution in [3.05, 3.63) is 53.5 Å². The fourth-order valence-corrected chi connectivity index (χ4v) is 1.53. The van der Waals surface area contributed by atoms with E-state index in [2.05, 4.69) is 15.4 Å². The number of ether oxygens (including phenoxy) is 1. The van der Waals surface area contributed by atoms with Gasteiger partial charge in [-0.1, -0.05) is 17.7 Å². The SMILES string of the molecule is CC(C)(C)O/C=C/C=C\c1nnn(-c2ccc(Cl)cc2)n1. The van der Waals surface area contributed by atoms with Gasteiger partial charge in [0.1, 0.15) is 0 Å². The second-order valence-electron chi connectivity index (χ2n) is 5.33. The lowest BCUT2D eigenvalue weighted by molar-refractivity contribution is 0.0768. The summed E-state index contributed by atoms with van der Waals surface area (Å²) in [6, 6.07) is 7.22. The highest BCUT2D eigenvalue weighted by atomic mass is 35.5. The van der Waals surface area contributed by atoms with Gasteiger partial charge in [0.15, 0.2) is 5.82 Å². The van der Waals surface area contributed by atoms with Gasteiger partial charge in [-0.2, -0.15) is 0 Å². The second kappa shape index (κ2) is 6.54. The Morgan fingerprint density at radius 3 is 2.52 bits per heavy atom. The molecule has 5 nitrogen and oxygen atoms in total. The van der Waals surface area contributed by atoms with E-state index in [1.54, 1.807) is 36.6 Å². The van der Waals surface area contributed by atoms with Crippen LogP contribution in [0.3, 0.4) is 0 Å². The third-order valence-electron chi connectivity index (χ3n) is 2.34. The van der Waals surface area contributed by atoms with Crippen molar-refractivity contribution < 1.29 is 4.74 Å². The molecule has 0 saturated heterocycles. The topological polar surface area (TPSA) is 52.8 Å². The molecule has 110 valence electrons. The summed E-state index contributed by atoms with van der Waals surface area (Å²) in [5.74, 6) is 0.519. The summed E-state index contributed by atoms with van der Waals surface area (Å²) in [4.78, 5) is 1.45. The van der Waals surface area contributed by atoms with Crippen LogP contribution in [0.1, 0.15) is 26.6 Å². The predicted molar refractivity (Wildman–Crippen MR) is 83.2 cm³/mol. The van der Waals surface area contributed by atoms with Crippen LogP contribution in [0, 0.1) is 0 Å². The van der Waals surface area contributed by atoms with Crippen molar-refractivity contribution in [3.8, 4) is 5.69 Å². The molecule has 1 aromatic heterocycles. The van der Waals surface area contributed by atoms with Gasteiger partial charge in [0.25, 0.3) is 0 Å². The van der Waals surface area contributed by atoms with E-state index in [1.807, 2.05) is 32.9 Å². The zero-order valence-electron chi connectivity index (χ0n) is 12.2. The van der Waals surface area contributed by atoms with E-state index in [9.17, 15) is 0 Å². The number of tetrazole rings is 1. The molecule has 1 heterocycles. The number of allylic oxidation sites excluding steroid dienone is 2. The number of aromatic nitrogens is 4. The largest absolute Gasteiger partial charge is 0.496 e. The Balaban J connectivity index is 1.99. The maximum atomic E-state index is 5.84. The smallest absolute Gasteiger partial charge is 0.198 e. The molecule has 0 N–H and O–H groups in total. The fraction of sp³-hybridized carbons (Fsp3) is 0.267. The predicted octanol–water partition coefficient (Wildman–Crippen LogP) is 3.66. The molecular formula is C15H17ClN4O. The molecule has 21 heavy (non-hydrogen) atoms. The lowest BCUT2D eigenvalue weighted by Gasteiger charge is -2.17. The van der Waals surface area contributed by atoms with Gasteiger partial charge in [-0.15, -0.1) is 15.0 Å². The number of rotatable bonds is 4. The summed E-state index contributed by atoms with van der Waals surface area (Å²) in [6.45, 7) is 5.96. The summed E-state index contributed by atoms with van der Waals surface area (Å²) in [6.07, 6.45) is 6.98. The number of hydrogen-bond acceptors (Lipinski definition) is 4. The third-order valence-corrected chi connectivity index (χ3v) is 2.60. The lowest BCUT2D eigenvalue weighted by Crippen LogP contribution is -2.14. The summed E-state index contributed by atoms with van der Waals surface area (Å²) in [5.41, 5.74) is 0.610. The van der Waals surface area contributed by atoms with Crippen LogP contribution in [0.5, 0.6) is 0 Å². The van der Waals surface area contributed by atoms with E-state index in [0.717, 1.165) is 5.69 Å². The van der Waals surface area contributed by atoms with Gasteiger partial charge >= 0.3 is 0 Å². The Labute approximate surface area is 128 Å². The lowest BCUT2D eigenvalue weighted by atomic mass is 10.2. The van der Waals surface area contributed by atoms with Crippen LogP contribution in [-0.4, -0.2) is 25.8 Å². The van der Waals surface area contributed by atoms with E-state index < -0.39 is 0 Å². The van der Waals surface area contributed by atoms with Crippen LogP contribution in [0.25, 0.3) is 11.8 Å². The van der Waals surface area contributed by atoms with Crippen molar-refractivity contribution >= 4 is 17.7 Å². The Morgan fingerprint density at radius 1 is 1.14 bits per heavy atom. The maximum absolute atomic E-state index is 5.84. The Hall–Kier alpha value is -2.14. The van der Waals surface area contributed by atoms with Gasteiger partial charge in [0.05, 0.1) is 17.6 Å². The minimum atomic E-state index is -0.194. The molecule has 0 fully saturated rings. The highest BCUT2D eigenvalue weighted by molar-refractivity contribution is 6.30. The summed E-state index contributed by atoms with van der Waals surface area (Å²) in [5, 5.41) is 12.8. The quantitative estimate of drug-likeness (QED) is 0.639. The molecule has 0 unspecified atom stereocenters. The standard InChI is InChI=1S/C15H17ClN4O/c1-15(2,3)21-11-5-4-6-14-17-19-20(18-14)13-9-7-12(16)8-10-13/h4-11H,1-3H3/b6-4-,11-5+. The maximum Gasteiger partial charge on any atom is 0.198 e. The molecule has 0 radical (unpaired) electrons. The molecule has 2 aromatic rings. The Bertz CT molecular complexity index is 638. The summed E-state index contributed by atoms with van der Waals surface area (Å²) in [7, 11) is 0. The first kappa shape index (κ1) is 15.3. The van der Waals surface area contributed by atoms with E-state index in [1.165, 1.54) is 4.80 Å². The van der Waals surface area contributed by atoms with Gasteiger partial charge in [-0.25, -0.2) is 0 Å². The van der Waals surface area contributed by atoms with Gasteiger partial charge < -0.3 is 4.74 Å². The first-order valence-corrected chi connectivity index (χ1v) is 6.89. The molecule has 0 aliphatic rings. The highest BCUT2D eigenvalue weighted by Gasteiger charge is 2.06. The summed E-state index contributed by atoms with van der Waals surface area (Å²) >= 11 is 5.84. The Kier molecular flexibility index (Phi) is 4.75. The van der Waals surface area contributed by atoms with E-state index in [-0.39, 0.29) is 5.60 Å². The molecule has 6 heteroatoms. The molecule has 1 aromatic carbocycles. The first-order valence-electron chi connectivity index (χ1n) is 6.51. The van der Waals surface area contributed by atoms with Crippen molar-refractivity contribution in [1.82, 2.24) is 20.2 Å². The zero-order valence-corrected chi connectivity index (χ0v) is 12.9. The second-order valence-corrected chi connectivity index (χ2v) is 5.77. The number of nitrogens with zero attached hydrogens (tertiary/aromatic N) is 4. The number of hydrogen-bond donors (Lipinski definition) is 0. The number of benzene rings is 1. The molecule has 0 spiro atoms. The highest BCUT2D eigenvalue weighted by Crippen LogP contribution is 2.11. The van der Waals surface area contributed by atoms with Crippen LogP contribution in [0.15, 0.2) is 42.7 Å². The average Bonchev–Trinajstić information content (AvgIpc) is 2.87. The van der Waals surface area contributed by atoms with Crippen molar-refractivity contribution in [2.75, 3.05) is 0 Å². The van der Waals surface area contributed by atoms with Gasteiger partial charge in [0.2, 0.25) is 0 Å². The van der Waals surface area contributed by atoms with E-state index in [0.29, 0.717) is 10.8 Å². The molecule has 0 atom stereocenters. The first-order chi connectivity index (χ1) is 9.94. The van der Waals surface area contributed by atoms with Crippen LogP contribution < -0.4 is 0 Å². The van der Waals surface area contributed by atoms with Crippen LogP contribution in [0.4, 0.5) is 0 Å². The number of halogens is 1. The molecule has 0 aliphatic heterocycles. The Morgan fingerprint density at radius 2 is 1.86 bits per heavy atom. The van der Waals surface area contributed by atoms with Crippen molar-refractivity contribution in [1.29, 1.82) is 0 Å². The average molecular weight is 305 g/mol. The zero-order chi connectivity index (χ0) is 15.3. The minimum Gasteiger partial charge on any atom is -0.496 e. The van der Waals surface area contributed by atoms with Crippen molar-refractivity contribution in [2.24, 2.45) is 0 Å². The van der Waals surface area contributed by atoms with Crippen molar-refractivity contribution in [2.45, 2.75) is 26.4 Å².